The van der Waals surface area contributed by atoms with E-state index in [0.29, 0.717) is 0 Å². The van der Waals surface area contributed by atoms with E-state index in [9.17, 15) is 0 Å². The number of rotatable bonds is 5. The van der Waals surface area contributed by atoms with Gasteiger partial charge in [-0.25, -0.2) is 0 Å². The van der Waals surface area contributed by atoms with Gasteiger partial charge in [0.05, 0.1) is 6.61 Å². The van der Waals surface area contributed by atoms with Gasteiger partial charge in [-0.15, -0.1) is 0 Å². The average molecular weight is 183 g/mol. The Hall–Kier alpha value is -0.0800. The van der Waals surface area contributed by atoms with Crippen LogP contribution in [0.3, 0.4) is 0 Å². The van der Waals surface area contributed by atoms with Crippen LogP contribution in [0.4, 0.5) is 0 Å². The van der Waals surface area contributed by atoms with Crippen molar-refractivity contribution in [2.45, 2.75) is 32.1 Å². The molecule has 2 saturated carbocycles. The molecule has 0 heterocycles. The molecule has 13 heavy (non-hydrogen) atoms. The highest BCUT2D eigenvalue weighted by Gasteiger charge is 2.38. The van der Waals surface area contributed by atoms with Crippen LogP contribution < -0.4 is 5.32 Å². The minimum absolute atomic E-state index is 0.275. The summed E-state index contributed by atoms with van der Waals surface area (Å²) < 4.78 is 0. The van der Waals surface area contributed by atoms with Crippen LogP contribution in [0.25, 0.3) is 0 Å². The Kier molecular flexibility index (Phi) is 3.23. The first-order valence-corrected chi connectivity index (χ1v) is 5.71. The van der Waals surface area contributed by atoms with Crippen molar-refractivity contribution in [3.63, 3.8) is 0 Å². The van der Waals surface area contributed by atoms with E-state index >= 15 is 0 Å². The van der Waals surface area contributed by atoms with Crippen molar-refractivity contribution in [1.82, 2.24) is 5.32 Å². The van der Waals surface area contributed by atoms with Crippen LogP contribution in [0.1, 0.15) is 32.1 Å². The van der Waals surface area contributed by atoms with Gasteiger partial charge in [-0.1, -0.05) is 6.42 Å². The van der Waals surface area contributed by atoms with Crippen molar-refractivity contribution in [3.8, 4) is 0 Å². The van der Waals surface area contributed by atoms with Gasteiger partial charge in [0.2, 0.25) is 0 Å². The van der Waals surface area contributed by atoms with Crippen LogP contribution in [0.5, 0.6) is 0 Å². The van der Waals surface area contributed by atoms with Gasteiger partial charge in [0.25, 0.3) is 0 Å². The molecule has 2 aliphatic rings. The highest BCUT2D eigenvalue weighted by molar-refractivity contribution is 4.89. The van der Waals surface area contributed by atoms with Crippen LogP contribution >= 0.6 is 0 Å². The molecule has 2 heteroatoms. The lowest BCUT2D eigenvalue weighted by molar-refractivity contribution is 0.279. The molecule has 0 aromatic carbocycles. The summed E-state index contributed by atoms with van der Waals surface area (Å²) in [5, 5.41) is 11.9. The second kappa shape index (κ2) is 4.43. The molecule has 0 amide bonds. The molecule has 0 aliphatic heterocycles. The van der Waals surface area contributed by atoms with E-state index in [1.165, 1.54) is 32.1 Å². The summed E-state index contributed by atoms with van der Waals surface area (Å²) in [4.78, 5) is 0. The zero-order chi connectivity index (χ0) is 9.10. The molecule has 0 saturated heterocycles. The monoisotopic (exact) mass is 183 g/mol. The Morgan fingerprint density at radius 3 is 2.69 bits per heavy atom. The standard InChI is InChI=1S/C11H21NO/c13-6-5-12-4-3-11-8-9-1-2-10(11)7-9/h9-13H,1-8H2. The van der Waals surface area contributed by atoms with Gasteiger partial charge < -0.3 is 10.4 Å². The van der Waals surface area contributed by atoms with Gasteiger partial charge in [-0.2, -0.15) is 0 Å². The average Bonchev–Trinajstić information content (AvgIpc) is 2.73. The van der Waals surface area contributed by atoms with Gasteiger partial charge in [-0.3, -0.25) is 0 Å². The smallest absolute Gasteiger partial charge is 0.0555 e. The van der Waals surface area contributed by atoms with Crippen molar-refractivity contribution >= 4 is 0 Å². The third-order valence-corrected chi connectivity index (χ3v) is 3.87. The molecule has 2 rings (SSSR count). The number of nitrogens with one attached hydrogen (secondary N) is 1. The summed E-state index contributed by atoms with van der Waals surface area (Å²) in [6.07, 6.45) is 7.35. The molecule has 0 aromatic heterocycles. The Bertz CT molecular complexity index is 160. The van der Waals surface area contributed by atoms with Crippen molar-refractivity contribution in [1.29, 1.82) is 0 Å². The maximum absolute atomic E-state index is 8.60. The highest BCUT2D eigenvalue weighted by atomic mass is 16.3. The first-order valence-electron chi connectivity index (χ1n) is 5.71. The maximum atomic E-state index is 8.60. The van der Waals surface area contributed by atoms with Crippen molar-refractivity contribution in [2.24, 2.45) is 17.8 Å². The normalized spacial score (nSPS) is 37.2. The quantitative estimate of drug-likeness (QED) is 0.631. The summed E-state index contributed by atoms with van der Waals surface area (Å²) in [5.41, 5.74) is 0. The number of aliphatic hydroxyl groups excluding tert-OH is 1. The molecule has 2 N–H and O–H groups in total. The predicted octanol–water partition coefficient (Wildman–Crippen LogP) is 1.39. The first kappa shape index (κ1) is 9.47. The van der Waals surface area contributed by atoms with Crippen molar-refractivity contribution < 1.29 is 5.11 Å². The summed E-state index contributed by atoms with van der Waals surface area (Å²) in [7, 11) is 0. The molecule has 2 fully saturated rings. The molecule has 2 aliphatic carbocycles. The van der Waals surface area contributed by atoms with E-state index in [1.807, 2.05) is 0 Å². The lowest BCUT2D eigenvalue weighted by Crippen LogP contribution is -2.23. The summed E-state index contributed by atoms with van der Waals surface area (Å²) in [6, 6.07) is 0. The van der Waals surface area contributed by atoms with Gasteiger partial charge >= 0.3 is 0 Å². The van der Waals surface area contributed by atoms with Crippen molar-refractivity contribution in [2.75, 3.05) is 19.7 Å². The Labute approximate surface area is 80.7 Å². The predicted molar refractivity (Wildman–Crippen MR) is 53.5 cm³/mol. The minimum atomic E-state index is 0.275. The maximum Gasteiger partial charge on any atom is 0.0555 e. The number of aliphatic hydroxyl groups is 1. The summed E-state index contributed by atoms with van der Waals surface area (Å²) >= 11 is 0. The molecule has 0 aromatic rings. The largest absolute Gasteiger partial charge is 0.395 e. The number of fused-ring (bicyclic) bond motifs is 2. The highest BCUT2D eigenvalue weighted by Crippen LogP contribution is 2.49. The summed E-state index contributed by atoms with van der Waals surface area (Å²) in [5.74, 6) is 3.14. The zero-order valence-electron chi connectivity index (χ0n) is 8.34. The van der Waals surface area contributed by atoms with E-state index in [-0.39, 0.29) is 6.61 Å². The molecule has 2 nitrogen and oxygen atoms in total. The van der Waals surface area contributed by atoms with Gasteiger partial charge in [-0.05, 0) is 50.0 Å². The van der Waals surface area contributed by atoms with E-state index in [0.717, 1.165) is 30.8 Å². The van der Waals surface area contributed by atoms with Crippen LogP contribution in [0.15, 0.2) is 0 Å². The fourth-order valence-electron chi connectivity index (χ4n) is 3.22. The molecule has 3 unspecified atom stereocenters. The third kappa shape index (κ3) is 2.23. The molecule has 0 spiro atoms. The van der Waals surface area contributed by atoms with Crippen LogP contribution in [0, 0.1) is 17.8 Å². The molecular formula is C11H21NO. The topological polar surface area (TPSA) is 32.3 Å². The molecule has 76 valence electrons. The van der Waals surface area contributed by atoms with E-state index in [4.69, 9.17) is 5.11 Å². The SMILES string of the molecule is OCCNCCC1CC2CCC1C2. The molecule has 2 bridgehead atoms. The van der Waals surface area contributed by atoms with Crippen LogP contribution in [-0.2, 0) is 0 Å². The summed E-state index contributed by atoms with van der Waals surface area (Å²) in [6.45, 7) is 2.14. The second-order valence-electron chi connectivity index (χ2n) is 4.70. The van der Waals surface area contributed by atoms with Gasteiger partial charge in [0, 0.05) is 6.54 Å². The lowest BCUT2D eigenvalue weighted by Gasteiger charge is -2.21. The van der Waals surface area contributed by atoms with Crippen molar-refractivity contribution in [3.05, 3.63) is 0 Å². The fourth-order valence-corrected chi connectivity index (χ4v) is 3.22. The molecule has 0 radical (unpaired) electrons. The number of hydrogen-bond acceptors (Lipinski definition) is 2. The first-order chi connectivity index (χ1) is 6.40. The van der Waals surface area contributed by atoms with Crippen LogP contribution in [0.2, 0.25) is 0 Å². The fraction of sp³-hybridized carbons (Fsp3) is 1.00. The van der Waals surface area contributed by atoms with Gasteiger partial charge in [0.15, 0.2) is 0 Å². The number of hydrogen-bond donors (Lipinski definition) is 2. The Morgan fingerprint density at radius 1 is 1.15 bits per heavy atom. The van der Waals surface area contributed by atoms with E-state index in [1.54, 1.807) is 0 Å². The third-order valence-electron chi connectivity index (χ3n) is 3.87. The molecule has 3 atom stereocenters. The Morgan fingerprint density at radius 2 is 2.08 bits per heavy atom. The molecular weight excluding hydrogens is 162 g/mol. The van der Waals surface area contributed by atoms with Crippen LogP contribution in [-0.4, -0.2) is 24.8 Å². The Balaban J connectivity index is 1.60. The van der Waals surface area contributed by atoms with Gasteiger partial charge in [0.1, 0.15) is 0 Å². The second-order valence-corrected chi connectivity index (χ2v) is 4.70. The van der Waals surface area contributed by atoms with E-state index in [2.05, 4.69) is 5.32 Å². The van der Waals surface area contributed by atoms with E-state index < -0.39 is 0 Å². The zero-order valence-corrected chi connectivity index (χ0v) is 8.34. The minimum Gasteiger partial charge on any atom is -0.395 e. The lowest BCUT2D eigenvalue weighted by atomic mass is 9.86.